The number of aliphatic hydroxyl groups excluding tert-OH is 2. The first-order valence-corrected chi connectivity index (χ1v) is 18.1. The molecule has 0 aromatic heterocycles. The fraction of sp³-hybridized carbons (Fsp3) is 0.750. The topological polar surface area (TPSA) is 107 Å². The second-order valence-corrected chi connectivity index (χ2v) is 17.9. The number of benzene rings is 1. The summed E-state index contributed by atoms with van der Waals surface area (Å²) < 4.78 is 6.18. The van der Waals surface area contributed by atoms with E-state index in [1.165, 1.54) is 31.3 Å². The van der Waals surface area contributed by atoms with Crippen molar-refractivity contribution in [2.24, 2.45) is 45.3 Å². The molecule has 7 rings (SSSR count). The molecule has 3 N–H and O–H groups in total. The number of hydrogen-bond donors (Lipinski definition) is 3. The number of aromatic hydroxyl groups is 1. The van der Waals surface area contributed by atoms with E-state index < -0.39 is 23.0 Å². The smallest absolute Gasteiger partial charge is 0.159 e. The number of phenols is 1. The first-order chi connectivity index (χ1) is 21.5. The van der Waals surface area contributed by atoms with Gasteiger partial charge in [0.2, 0.25) is 0 Å². The van der Waals surface area contributed by atoms with Crippen LogP contribution in [-0.2, 0) is 14.3 Å². The number of fused-ring (bicyclic) bond motifs is 5. The lowest BCUT2D eigenvalue weighted by atomic mass is 9.35. The molecular weight excluding hydrogens is 576 g/mol. The molecule has 6 nitrogen and oxygen atoms in total. The largest absolute Gasteiger partial charge is 0.508 e. The third-order valence-electron chi connectivity index (χ3n) is 15.2. The van der Waals surface area contributed by atoms with E-state index in [2.05, 4.69) is 34.6 Å². The van der Waals surface area contributed by atoms with Crippen LogP contribution in [0.1, 0.15) is 124 Å². The number of carbonyl (C=O) groups excluding carboxylic acids is 2. The van der Waals surface area contributed by atoms with Crippen LogP contribution < -0.4 is 0 Å². The Bertz CT molecular complexity index is 1470. The monoisotopic (exact) mass is 632 g/mol. The molecule has 252 valence electrons. The summed E-state index contributed by atoms with van der Waals surface area (Å²) in [6.07, 6.45) is 7.33. The Morgan fingerprint density at radius 1 is 1.00 bits per heavy atom. The van der Waals surface area contributed by atoms with Crippen LogP contribution in [0.4, 0.5) is 0 Å². The number of ketones is 2. The maximum Gasteiger partial charge on any atom is 0.159 e. The summed E-state index contributed by atoms with van der Waals surface area (Å²) >= 11 is 0. The summed E-state index contributed by atoms with van der Waals surface area (Å²) in [4.78, 5) is 28.2. The fourth-order valence-corrected chi connectivity index (χ4v) is 13.0. The lowest BCUT2D eigenvalue weighted by Crippen LogP contribution is -2.67. The van der Waals surface area contributed by atoms with E-state index in [9.17, 15) is 24.9 Å². The molecule has 46 heavy (non-hydrogen) atoms. The Morgan fingerprint density at radius 2 is 1.70 bits per heavy atom. The van der Waals surface area contributed by atoms with Crippen molar-refractivity contribution < 1.29 is 29.6 Å². The highest BCUT2D eigenvalue weighted by Crippen LogP contribution is 2.74. The number of rotatable bonds is 6. The van der Waals surface area contributed by atoms with Crippen molar-refractivity contribution in [2.45, 2.75) is 143 Å². The average Bonchev–Trinajstić information content (AvgIpc) is 3.27. The van der Waals surface area contributed by atoms with Gasteiger partial charge in [0.1, 0.15) is 17.6 Å². The van der Waals surface area contributed by atoms with Crippen LogP contribution in [-0.4, -0.2) is 50.8 Å². The van der Waals surface area contributed by atoms with Gasteiger partial charge in [0.05, 0.1) is 17.8 Å². The fourth-order valence-electron chi connectivity index (χ4n) is 13.0. The summed E-state index contributed by atoms with van der Waals surface area (Å²) in [5.41, 5.74) is 0.980. The number of ether oxygens (including phenoxy) is 1. The van der Waals surface area contributed by atoms with E-state index in [0.717, 1.165) is 24.0 Å². The summed E-state index contributed by atoms with van der Waals surface area (Å²) in [6.45, 7) is 15.2. The molecule has 4 saturated carbocycles. The minimum absolute atomic E-state index is 0.0604. The lowest BCUT2D eigenvalue weighted by molar-refractivity contribution is -0.219. The molecule has 1 saturated heterocycles. The molecule has 1 aromatic rings. The maximum atomic E-state index is 14.1. The SMILES string of the molecule is C[C@H](C[C@@H](O)[C@H]1O[C@]1(C)C1CCCC1)C1=C2CC[C@@H]3[C@]4(C)C[C@@H](c5cccc(O)c5)C(=O)C(C)(C)[C@@H]4[C@@H](O)C[C@]3(C)[C@@]2(C)CC1=O. The highest BCUT2D eigenvalue weighted by Gasteiger charge is 2.71. The Balaban J connectivity index is 1.20. The zero-order chi connectivity index (χ0) is 33.2. The molecule has 11 atom stereocenters. The molecule has 6 heteroatoms. The quantitative estimate of drug-likeness (QED) is 0.285. The van der Waals surface area contributed by atoms with Crippen molar-refractivity contribution in [3.8, 4) is 5.75 Å². The van der Waals surface area contributed by atoms with Gasteiger partial charge in [-0.15, -0.1) is 0 Å². The van der Waals surface area contributed by atoms with Gasteiger partial charge >= 0.3 is 0 Å². The number of hydrogen-bond acceptors (Lipinski definition) is 6. The Hall–Kier alpha value is -2.02. The molecule has 0 spiro atoms. The normalized spacial score (nSPS) is 44.8. The van der Waals surface area contributed by atoms with Crippen molar-refractivity contribution >= 4 is 11.6 Å². The third kappa shape index (κ3) is 4.37. The predicted octanol–water partition coefficient (Wildman–Crippen LogP) is 7.29. The number of carbonyl (C=O) groups is 2. The van der Waals surface area contributed by atoms with Crippen LogP contribution in [0.3, 0.4) is 0 Å². The molecular formula is C40H56O6. The van der Waals surface area contributed by atoms with Crippen molar-refractivity contribution in [1.29, 1.82) is 0 Å². The second kappa shape index (κ2) is 10.5. The van der Waals surface area contributed by atoms with Crippen LogP contribution in [0.25, 0.3) is 0 Å². The third-order valence-corrected chi connectivity index (χ3v) is 15.2. The highest BCUT2D eigenvalue weighted by molar-refractivity contribution is 6.00. The van der Waals surface area contributed by atoms with Gasteiger partial charge in [-0.2, -0.15) is 0 Å². The molecule has 5 fully saturated rings. The van der Waals surface area contributed by atoms with Gasteiger partial charge in [-0.3, -0.25) is 9.59 Å². The molecule has 1 heterocycles. The van der Waals surface area contributed by atoms with Gasteiger partial charge in [0.25, 0.3) is 0 Å². The van der Waals surface area contributed by atoms with Crippen molar-refractivity contribution in [3.63, 3.8) is 0 Å². The van der Waals surface area contributed by atoms with Crippen LogP contribution in [0.15, 0.2) is 35.4 Å². The molecule has 0 amide bonds. The van der Waals surface area contributed by atoms with Crippen LogP contribution in [0, 0.1) is 45.3 Å². The van der Waals surface area contributed by atoms with E-state index in [0.29, 0.717) is 31.6 Å². The first-order valence-electron chi connectivity index (χ1n) is 18.1. The second-order valence-electron chi connectivity index (χ2n) is 17.9. The summed E-state index contributed by atoms with van der Waals surface area (Å²) in [5.74, 6) is 0.635. The van der Waals surface area contributed by atoms with Gasteiger partial charge < -0.3 is 20.1 Å². The molecule has 0 bridgehead atoms. The van der Waals surface area contributed by atoms with Gasteiger partial charge in [-0.25, -0.2) is 0 Å². The van der Waals surface area contributed by atoms with E-state index in [4.69, 9.17) is 4.74 Å². The number of epoxide rings is 1. The van der Waals surface area contributed by atoms with Gasteiger partial charge in [0.15, 0.2) is 5.78 Å². The van der Waals surface area contributed by atoms with Crippen molar-refractivity contribution in [1.82, 2.24) is 0 Å². The number of Topliss-reactive ketones (excluding diaryl/α,β-unsaturated/α-hetero) is 2. The average molecular weight is 633 g/mol. The Labute approximate surface area is 275 Å². The zero-order valence-electron chi connectivity index (χ0n) is 29.1. The molecule has 1 aliphatic heterocycles. The van der Waals surface area contributed by atoms with E-state index in [1.54, 1.807) is 12.1 Å². The highest BCUT2D eigenvalue weighted by atomic mass is 16.6. The first kappa shape index (κ1) is 32.5. The van der Waals surface area contributed by atoms with Gasteiger partial charge in [-0.05, 0) is 104 Å². The summed E-state index contributed by atoms with van der Waals surface area (Å²) in [6, 6.07) is 7.13. The van der Waals surface area contributed by atoms with Crippen molar-refractivity contribution in [2.75, 3.05) is 0 Å². The number of allylic oxidation sites excluding steroid dienone is 2. The van der Waals surface area contributed by atoms with Gasteiger partial charge in [0, 0.05) is 29.1 Å². The minimum Gasteiger partial charge on any atom is -0.508 e. The molecule has 6 aliphatic rings. The van der Waals surface area contributed by atoms with Crippen molar-refractivity contribution in [3.05, 3.63) is 41.0 Å². The minimum atomic E-state index is -0.736. The molecule has 5 aliphatic carbocycles. The number of phenolic OH excluding ortho intramolecular Hbond substituents is 1. The lowest BCUT2D eigenvalue weighted by Gasteiger charge is -2.69. The molecule has 0 radical (unpaired) electrons. The Morgan fingerprint density at radius 3 is 2.37 bits per heavy atom. The van der Waals surface area contributed by atoms with Crippen LogP contribution in [0.5, 0.6) is 5.75 Å². The van der Waals surface area contributed by atoms with Gasteiger partial charge in [-0.1, -0.05) is 72.1 Å². The standard InChI is InChI=1S/C40H56O6/c1-22(17-28(42)35-40(7,46-35)24-12-8-9-13-24)32-27-15-16-31-37(4)19-26(23-11-10-14-25(41)18-23)34(45)36(2,3)33(37)30(44)21-39(31,6)38(27,5)20-29(32)43/h10-11,14,18,22,24,26,28,30-31,33,35,41-42,44H,8-9,12-13,15-17,19-21H2,1-7H3/t22-,26+,28-,30+,31-,33+,35-,37+,38+,39+,40-/m1/s1. The number of aliphatic hydroxyl groups is 2. The molecule has 0 unspecified atom stereocenters. The predicted molar refractivity (Wildman–Crippen MR) is 177 cm³/mol. The summed E-state index contributed by atoms with van der Waals surface area (Å²) in [5, 5.41) is 33.8. The Kier molecular flexibility index (Phi) is 7.42. The van der Waals surface area contributed by atoms with E-state index in [-0.39, 0.29) is 63.5 Å². The molecule has 1 aromatic carbocycles. The van der Waals surface area contributed by atoms with Crippen LogP contribution >= 0.6 is 0 Å². The van der Waals surface area contributed by atoms with Crippen LogP contribution in [0.2, 0.25) is 0 Å². The van der Waals surface area contributed by atoms with E-state index >= 15 is 0 Å². The maximum absolute atomic E-state index is 14.1. The van der Waals surface area contributed by atoms with E-state index in [1.807, 2.05) is 26.0 Å². The summed E-state index contributed by atoms with van der Waals surface area (Å²) in [7, 11) is 0. The zero-order valence-corrected chi connectivity index (χ0v) is 29.1.